The molecule has 15 heavy (non-hydrogen) atoms. The lowest BCUT2D eigenvalue weighted by Gasteiger charge is -2.45. The van der Waals surface area contributed by atoms with Crippen LogP contribution in [0.2, 0.25) is 0 Å². The largest absolute Gasteiger partial charge is 0.392 e. The minimum absolute atomic E-state index is 0.0410. The normalized spacial score (nSPS) is 48.4. The summed E-state index contributed by atoms with van der Waals surface area (Å²) in [6, 6.07) is 0.779. The van der Waals surface area contributed by atoms with Gasteiger partial charge in [-0.1, -0.05) is 0 Å². The topological polar surface area (TPSA) is 20.2 Å². The van der Waals surface area contributed by atoms with Gasteiger partial charge in [0.1, 0.15) is 0 Å². The van der Waals surface area contributed by atoms with Gasteiger partial charge in [-0.2, -0.15) is 0 Å². The van der Waals surface area contributed by atoms with E-state index in [0.717, 1.165) is 6.04 Å². The van der Waals surface area contributed by atoms with Crippen molar-refractivity contribution in [3.63, 3.8) is 0 Å². The summed E-state index contributed by atoms with van der Waals surface area (Å²) in [5.41, 5.74) is 0. The number of rotatable bonds is 1. The van der Waals surface area contributed by atoms with Crippen LogP contribution >= 0.6 is 0 Å². The predicted molar refractivity (Wildman–Crippen MR) is 60.4 cm³/mol. The Bertz CT molecular complexity index is 247. The first kappa shape index (κ1) is 10.1. The van der Waals surface area contributed by atoms with Crippen LogP contribution in [0.5, 0.6) is 0 Å². The van der Waals surface area contributed by atoms with Crippen molar-refractivity contribution in [2.75, 3.05) is 20.1 Å². The number of nitrogens with zero attached hydrogens (tertiary/aromatic N) is 1. The third kappa shape index (κ3) is 1.45. The molecule has 0 unspecified atom stereocenters. The molecule has 2 saturated carbocycles. The zero-order valence-electron chi connectivity index (χ0n) is 9.86. The minimum Gasteiger partial charge on any atom is -0.392 e. The average molecular weight is 210 g/mol. The van der Waals surface area contributed by atoms with Crippen LogP contribution in [0.25, 0.3) is 0 Å². The maximum absolute atomic E-state index is 10.2. The molecule has 2 heteroatoms. The van der Waals surface area contributed by atoms with Crippen molar-refractivity contribution in [1.29, 1.82) is 0 Å². The van der Waals surface area contributed by atoms with E-state index in [0.29, 0.717) is 11.8 Å². The van der Waals surface area contributed by atoms with E-state index in [9.17, 15) is 5.11 Å². The highest BCUT2D eigenvalue weighted by Crippen LogP contribution is 2.46. The van der Waals surface area contributed by atoms with E-state index < -0.39 is 0 Å². The Morgan fingerprint density at radius 1 is 1.00 bits per heavy atom. The van der Waals surface area contributed by atoms with Crippen LogP contribution in [-0.2, 0) is 0 Å². The summed E-state index contributed by atoms with van der Waals surface area (Å²) < 4.78 is 1.27. The Kier molecular flexibility index (Phi) is 2.33. The molecule has 1 aliphatic heterocycles. The van der Waals surface area contributed by atoms with E-state index >= 15 is 0 Å². The number of fused-ring (bicyclic) bond motifs is 2. The van der Waals surface area contributed by atoms with Crippen molar-refractivity contribution < 1.29 is 9.59 Å². The Morgan fingerprint density at radius 3 is 2.40 bits per heavy atom. The van der Waals surface area contributed by atoms with Crippen LogP contribution in [0, 0.1) is 11.8 Å². The van der Waals surface area contributed by atoms with Gasteiger partial charge in [0.05, 0.1) is 32.3 Å². The summed E-state index contributed by atoms with van der Waals surface area (Å²) in [6.07, 6.45) is 8.10. The summed E-state index contributed by atoms with van der Waals surface area (Å²) in [5, 5.41) is 10.2. The number of quaternary nitrogens is 1. The molecule has 0 aromatic heterocycles. The fraction of sp³-hybridized carbons (Fsp3) is 1.00. The Morgan fingerprint density at radius 2 is 1.67 bits per heavy atom. The molecule has 2 bridgehead atoms. The molecule has 0 aromatic rings. The van der Waals surface area contributed by atoms with Gasteiger partial charge in [-0.05, 0) is 25.2 Å². The Balaban J connectivity index is 1.81. The van der Waals surface area contributed by atoms with Gasteiger partial charge in [-0.25, -0.2) is 0 Å². The first-order valence-electron chi connectivity index (χ1n) is 6.73. The molecular formula is C13H24NO+. The third-order valence-corrected chi connectivity index (χ3v) is 5.51. The Labute approximate surface area is 92.9 Å². The lowest BCUT2D eigenvalue weighted by atomic mass is 9.80. The molecule has 0 amide bonds. The fourth-order valence-corrected chi connectivity index (χ4v) is 4.60. The lowest BCUT2D eigenvalue weighted by Crippen LogP contribution is -2.56. The molecule has 3 rings (SSSR count). The molecule has 0 radical (unpaired) electrons. The van der Waals surface area contributed by atoms with Crippen LogP contribution in [0.15, 0.2) is 0 Å². The predicted octanol–water partition coefficient (Wildman–Crippen LogP) is 1.78. The number of hydrogen-bond acceptors (Lipinski definition) is 1. The van der Waals surface area contributed by atoms with E-state index in [-0.39, 0.29) is 6.10 Å². The second-order valence-electron chi connectivity index (χ2n) is 6.27. The molecule has 2 nitrogen and oxygen atoms in total. The van der Waals surface area contributed by atoms with Gasteiger partial charge in [0.15, 0.2) is 0 Å². The van der Waals surface area contributed by atoms with Gasteiger partial charge in [-0.3, -0.25) is 0 Å². The SMILES string of the molecule is C[N+]1([C@H]2CC[C@@H]3CC[C@H]2[C@H]3O)CCCC1. The molecule has 3 fully saturated rings. The van der Waals surface area contributed by atoms with Crippen LogP contribution < -0.4 is 0 Å². The summed E-state index contributed by atoms with van der Waals surface area (Å²) in [6.45, 7) is 2.72. The van der Waals surface area contributed by atoms with Gasteiger partial charge < -0.3 is 9.59 Å². The van der Waals surface area contributed by atoms with Crippen molar-refractivity contribution in [3.8, 4) is 0 Å². The van der Waals surface area contributed by atoms with Gasteiger partial charge in [0.25, 0.3) is 0 Å². The standard InChI is InChI=1S/C13H24NO/c1-14(8-2-3-9-14)12-7-5-10-4-6-11(12)13(10)15/h10-13,15H,2-9H2,1H3/q+1/t10-,11+,12-,13-/m0/s1. The highest BCUT2D eigenvalue weighted by Gasteiger charge is 2.51. The number of aliphatic hydroxyl groups excluding tert-OH is 1. The summed E-state index contributed by atoms with van der Waals surface area (Å²) in [7, 11) is 2.43. The van der Waals surface area contributed by atoms with Gasteiger partial charge in [0, 0.05) is 25.2 Å². The fourth-order valence-electron chi connectivity index (χ4n) is 4.60. The summed E-state index contributed by atoms with van der Waals surface area (Å²) in [5.74, 6) is 1.28. The molecule has 0 spiro atoms. The quantitative estimate of drug-likeness (QED) is 0.654. The monoisotopic (exact) mass is 210 g/mol. The highest BCUT2D eigenvalue weighted by atomic mass is 16.3. The molecule has 1 N–H and O–H groups in total. The second kappa shape index (κ2) is 3.46. The van der Waals surface area contributed by atoms with Gasteiger partial charge in [-0.15, -0.1) is 0 Å². The van der Waals surface area contributed by atoms with E-state index in [1.54, 1.807) is 0 Å². The first-order valence-corrected chi connectivity index (χ1v) is 6.73. The highest BCUT2D eigenvalue weighted by molar-refractivity contribution is 4.94. The minimum atomic E-state index is 0.0410. The molecule has 2 aliphatic carbocycles. The maximum atomic E-state index is 10.2. The number of likely N-dealkylation sites (tertiary alicyclic amines) is 1. The van der Waals surface area contributed by atoms with Crippen molar-refractivity contribution in [1.82, 2.24) is 0 Å². The zero-order chi connectivity index (χ0) is 10.5. The summed E-state index contributed by atoms with van der Waals surface area (Å²) >= 11 is 0. The maximum Gasteiger partial charge on any atom is 0.0941 e. The molecule has 0 aromatic carbocycles. The average Bonchev–Trinajstić information content (AvgIpc) is 2.72. The molecular weight excluding hydrogens is 186 g/mol. The van der Waals surface area contributed by atoms with Crippen molar-refractivity contribution in [3.05, 3.63) is 0 Å². The molecule has 1 saturated heterocycles. The Hall–Kier alpha value is -0.0800. The van der Waals surface area contributed by atoms with Crippen LogP contribution in [-0.4, -0.2) is 41.9 Å². The molecule has 3 aliphatic rings. The smallest absolute Gasteiger partial charge is 0.0941 e. The van der Waals surface area contributed by atoms with Crippen LogP contribution in [0.1, 0.15) is 38.5 Å². The number of hydrogen-bond donors (Lipinski definition) is 1. The number of aliphatic hydroxyl groups is 1. The second-order valence-corrected chi connectivity index (χ2v) is 6.27. The van der Waals surface area contributed by atoms with Gasteiger partial charge in [0.2, 0.25) is 0 Å². The van der Waals surface area contributed by atoms with E-state index in [1.165, 1.54) is 56.1 Å². The summed E-state index contributed by atoms with van der Waals surface area (Å²) in [4.78, 5) is 0. The first-order chi connectivity index (χ1) is 7.21. The third-order valence-electron chi connectivity index (χ3n) is 5.51. The molecule has 86 valence electrons. The van der Waals surface area contributed by atoms with E-state index in [4.69, 9.17) is 0 Å². The van der Waals surface area contributed by atoms with Gasteiger partial charge >= 0.3 is 0 Å². The van der Waals surface area contributed by atoms with E-state index in [2.05, 4.69) is 7.05 Å². The zero-order valence-corrected chi connectivity index (χ0v) is 9.86. The lowest BCUT2D eigenvalue weighted by molar-refractivity contribution is -0.927. The van der Waals surface area contributed by atoms with Crippen LogP contribution in [0.4, 0.5) is 0 Å². The van der Waals surface area contributed by atoms with Crippen molar-refractivity contribution in [2.45, 2.75) is 50.7 Å². The van der Waals surface area contributed by atoms with Crippen molar-refractivity contribution in [2.24, 2.45) is 11.8 Å². The van der Waals surface area contributed by atoms with E-state index in [1.807, 2.05) is 0 Å². The molecule has 4 atom stereocenters. The molecule has 1 heterocycles. The van der Waals surface area contributed by atoms with Crippen molar-refractivity contribution >= 4 is 0 Å². The van der Waals surface area contributed by atoms with Crippen LogP contribution in [0.3, 0.4) is 0 Å².